The van der Waals surface area contributed by atoms with Crippen molar-refractivity contribution in [1.29, 1.82) is 0 Å². The normalized spacial score (nSPS) is 36.4. The van der Waals surface area contributed by atoms with Gasteiger partial charge in [0, 0.05) is 21.3 Å². The van der Waals surface area contributed by atoms with Crippen molar-refractivity contribution >= 4 is 6.15 Å². The topological polar surface area (TPSA) is 233 Å². The summed E-state index contributed by atoms with van der Waals surface area (Å²) < 4.78 is 19.2. The van der Waals surface area contributed by atoms with Gasteiger partial charge in [-0.15, -0.1) is 0 Å². The maximum absolute atomic E-state index is 9.28. The van der Waals surface area contributed by atoms with Crippen LogP contribution < -0.4 is 0 Å². The molecule has 188 valence electrons. The number of ether oxygens (including phenoxy) is 4. The molecule has 2 fully saturated rings. The van der Waals surface area contributed by atoms with Crippen LogP contribution in [0.5, 0.6) is 0 Å². The quantitative estimate of drug-likeness (QED) is 0.197. The molecule has 2 rings (SSSR count). The molecule has 31 heavy (non-hydrogen) atoms. The van der Waals surface area contributed by atoms with Gasteiger partial charge in [-0.2, -0.15) is 9.59 Å². The van der Waals surface area contributed by atoms with Crippen LogP contribution in [-0.4, -0.2) is 137 Å². The molecule has 0 radical (unpaired) electrons. The predicted molar refractivity (Wildman–Crippen MR) is 100 cm³/mol. The van der Waals surface area contributed by atoms with E-state index in [0.29, 0.717) is 0 Å². The van der Waals surface area contributed by atoms with Crippen LogP contribution >= 0.6 is 0 Å². The summed E-state index contributed by atoms with van der Waals surface area (Å²) in [6, 6.07) is 0. The lowest BCUT2D eigenvalue weighted by Crippen LogP contribution is -2.58. The summed E-state index contributed by atoms with van der Waals surface area (Å²) in [4.78, 5) is 16.2. The summed E-state index contributed by atoms with van der Waals surface area (Å²) in [5, 5.41) is 70.8. The van der Waals surface area contributed by atoms with Gasteiger partial charge < -0.3 is 59.8 Å². The Morgan fingerprint density at radius 3 is 1.61 bits per heavy atom. The van der Waals surface area contributed by atoms with E-state index in [-0.39, 0.29) is 12.8 Å². The molecule has 0 aromatic heterocycles. The molecule has 0 saturated carbocycles. The van der Waals surface area contributed by atoms with E-state index in [4.69, 9.17) is 49.3 Å². The molecule has 14 heteroatoms. The second-order valence-corrected chi connectivity index (χ2v) is 5.50. The van der Waals surface area contributed by atoms with Gasteiger partial charge in [0.1, 0.15) is 42.7 Å². The van der Waals surface area contributed by atoms with Crippen LogP contribution in [0.4, 0.5) is 0 Å². The highest BCUT2D eigenvalue weighted by molar-refractivity contribution is 5.20. The number of hydrogen-bond acceptors (Lipinski definition) is 14. The lowest BCUT2D eigenvalue weighted by atomic mass is 9.99. The molecule has 2 saturated heterocycles. The standard InChI is InChI=1S/C7H14O6.C6H12O5.C2H6.CO2.CH4O/c1-12-7-6(11)5(10)4(9)3(2-8)13-7;1-10-6-5(9)4(8)3(7)2-11-6;1-2;2-1-3;1-2/h3-11H,2H2,1H3;3-9H,2H2,1H3;1-2H3;;2H,1H3. The van der Waals surface area contributed by atoms with Gasteiger partial charge in [0.05, 0.1) is 13.2 Å². The van der Waals surface area contributed by atoms with Crippen molar-refractivity contribution in [2.75, 3.05) is 34.5 Å². The van der Waals surface area contributed by atoms with Crippen molar-refractivity contribution in [2.24, 2.45) is 0 Å². The molecule has 2 heterocycles. The van der Waals surface area contributed by atoms with Gasteiger partial charge in [-0.05, 0) is 0 Å². The summed E-state index contributed by atoms with van der Waals surface area (Å²) in [5.41, 5.74) is 0. The molecule has 14 nitrogen and oxygen atoms in total. The van der Waals surface area contributed by atoms with Gasteiger partial charge in [-0.25, -0.2) is 0 Å². The number of aliphatic hydroxyl groups excluding tert-OH is 8. The highest BCUT2D eigenvalue weighted by atomic mass is 16.7. The first kappa shape index (κ1) is 34.5. The van der Waals surface area contributed by atoms with Crippen LogP contribution in [0, 0.1) is 0 Å². The van der Waals surface area contributed by atoms with Gasteiger partial charge in [0.15, 0.2) is 12.6 Å². The minimum absolute atomic E-state index is 0.0171. The van der Waals surface area contributed by atoms with Crippen LogP contribution in [0.1, 0.15) is 13.8 Å². The number of carbonyl (C=O) groups excluding carboxylic acids is 2. The SMILES string of the molecule is CC.CO.COC1OC(CO)C(O)C(O)C1O.COC1OCC(O)C(O)C1O.O=C=O. The van der Waals surface area contributed by atoms with Crippen molar-refractivity contribution in [3.63, 3.8) is 0 Å². The number of aliphatic hydroxyl groups is 8. The molecule has 2 aliphatic heterocycles. The van der Waals surface area contributed by atoms with Gasteiger partial charge in [-0.3, -0.25) is 0 Å². The second-order valence-electron chi connectivity index (χ2n) is 5.50. The van der Waals surface area contributed by atoms with Gasteiger partial charge >= 0.3 is 6.15 Å². The maximum Gasteiger partial charge on any atom is 0.373 e. The summed E-state index contributed by atoms with van der Waals surface area (Å²) in [6.45, 7) is 3.54. The summed E-state index contributed by atoms with van der Waals surface area (Å²) in [7, 11) is 3.66. The molecule has 0 amide bonds. The number of rotatable bonds is 3. The molecule has 0 spiro atoms. The Morgan fingerprint density at radius 2 is 1.23 bits per heavy atom. The van der Waals surface area contributed by atoms with E-state index in [1.807, 2.05) is 13.8 Å². The predicted octanol–water partition coefficient (Wildman–Crippen LogP) is -4.44. The van der Waals surface area contributed by atoms with Crippen LogP contribution in [0.2, 0.25) is 0 Å². The van der Waals surface area contributed by atoms with Crippen LogP contribution in [0.25, 0.3) is 0 Å². The zero-order valence-corrected chi connectivity index (χ0v) is 18.1. The average molecular weight is 464 g/mol. The molecule has 0 aromatic rings. The Labute approximate surface area is 180 Å². The molecule has 9 atom stereocenters. The molecule has 0 bridgehead atoms. The molecule has 9 unspecified atom stereocenters. The van der Waals surface area contributed by atoms with E-state index >= 15 is 0 Å². The first-order chi connectivity index (χ1) is 14.7. The highest BCUT2D eigenvalue weighted by Gasteiger charge is 2.43. The Kier molecular flexibility index (Phi) is 23.1. The summed E-state index contributed by atoms with van der Waals surface area (Å²) >= 11 is 0. The number of methoxy groups -OCH3 is 2. The average Bonchev–Trinajstić information content (AvgIpc) is 2.80. The van der Waals surface area contributed by atoms with E-state index in [0.717, 1.165) is 7.11 Å². The van der Waals surface area contributed by atoms with Crippen molar-refractivity contribution in [2.45, 2.75) is 69.2 Å². The van der Waals surface area contributed by atoms with Crippen LogP contribution in [0.3, 0.4) is 0 Å². The van der Waals surface area contributed by atoms with Gasteiger partial charge in [0.2, 0.25) is 0 Å². The van der Waals surface area contributed by atoms with E-state index in [9.17, 15) is 15.3 Å². The third-order valence-electron chi connectivity index (χ3n) is 3.77. The Morgan fingerprint density at radius 1 is 0.806 bits per heavy atom. The molecule has 0 aromatic carbocycles. The zero-order chi connectivity index (χ0) is 25.1. The number of hydrogen-bond donors (Lipinski definition) is 8. The van der Waals surface area contributed by atoms with E-state index in [2.05, 4.69) is 4.74 Å². The molecular weight excluding hydrogens is 428 g/mol. The third kappa shape index (κ3) is 11.9. The smallest absolute Gasteiger partial charge is 0.373 e. The molecule has 0 aliphatic carbocycles. The fourth-order valence-corrected chi connectivity index (χ4v) is 2.25. The highest BCUT2D eigenvalue weighted by Crippen LogP contribution is 2.21. The fraction of sp³-hybridized carbons (Fsp3) is 0.941. The van der Waals surface area contributed by atoms with E-state index in [1.165, 1.54) is 14.2 Å². The summed E-state index contributed by atoms with van der Waals surface area (Å²) in [6.07, 6.45) is -9.90. The molecule has 2 aliphatic rings. The minimum Gasteiger partial charge on any atom is -0.400 e. The van der Waals surface area contributed by atoms with Gasteiger partial charge in [-0.1, -0.05) is 13.8 Å². The van der Waals surface area contributed by atoms with Crippen LogP contribution in [0.15, 0.2) is 0 Å². The van der Waals surface area contributed by atoms with Crippen molar-refractivity contribution < 1.29 is 69.4 Å². The van der Waals surface area contributed by atoms with Crippen molar-refractivity contribution in [3.05, 3.63) is 0 Å². The Balaban J connectivity index is -0.000000396. The first-order valence-corrected chi connectivity index (χ1v) is 9.15. The van der Waals surface area contributed by atoms with Crippen molar-refractivity contribution in [3.8, 4) is 0 Å². The van der Waals surface area contributed by atoms with Crippen molar-refractivity contribution in [1.82, 2.24) is 0 Å². The second kappa shape index (κ2) is 20.8. The maximum atomic E-state index is 9.28. The van der Waals surface area contributed by atoms with E-state index < -0.39 is 61.9 Å². The molecule has 8 N–H and O–H groups in total. The lowest BCUT2D eigenvalue weighted by molar-refractivity contribution is -0.294. The largest absolute Gasteiger partial charge is 0.400 e. The Bertz CT molecular complexity index is 411. The third-order valence-corrected chi connectivity index (χ3v) is 3.77. The molecular formula is C17H36O14. The zero-order valence-electron chi connectivity index (χ0n) is 18.1. The first-order valence-electron chi connectivity index (χ1n) is 9.15. The lowest BCUT2D eigenvalue weighted by Gasteiger charge is -2.38. The summed E-state index contributed by atoms with van der Waals surface area (Å²) in [5.74, 6) is 0. The minimum atomic E-state index is -1.36. The van der Waals surface area contributed by atoms with Gasteiger partial charge in [0.25, 0.3) is 0 Å². The fourth-order valence-electron chi connectivity index (χ4n) is 2.25. The van der Waals surface area contributed by atoms with Crippen LogP contribution in [-0.2, 0) is 28.5 Å². The van der Waals surface area contributed by atoms with E-state index in [1.54, 1.807) is 0 Å². The Hall–Kier alpha value is -1.10. The monoisotopic (exact) mass is 464 g/mol.